The van der Waals surface area contributed by atoms with Crippen molar-refractivity contribution in [1.29, 1.82) is 0 Å². The largest absolute Gasteiger partial charge is 0.397 e. The average molecular weight is 271 g/mol. The molecule has 0 aliphatic carbocycles. The van der Waals surface area contributed by atoms with Gasteiger partial charge in [0.15, 0.2) is 0 Å². The average Bonchev–Trinajstić information content (AvgIpc) is 2.07. The van der Waals surface area contributed by atoms with Crippen LogP contribution in [0.3, 0.4) is 0 Å². The van der Waals surface area contributed by atoms with E-state index in [0.717, 1.165) is 0 Å². The van der Waals surface area contributed by atoms with Crippen LogP contribution in [0, 0.1) is 0 Å². The third kappa shape index (κ3) is 2.28. The summed E-state index contributed by atoms with van der Waals surface area (Å²) in [6.45, 7) is 0. The van der Waals surface area contributed by atoms with Crippen LogP contribution in [0.15, 0.2) is 10.7 Å². The van der Waals surface area contributed by atoms with Crippen LogP contribution >= 0.6 is 27.5 Å². The van der Waals surface area contributed by atoms with Crippen molar-refractivity contribution < 1.29 is 8.78 Å². The van der Waals surface area contributed by atoms with Crippen LogP contribution in [0.25, 0.3) is 0 Å². The highest BCUT2D eigenvalue weighted by Gasteiger charge is 2.15. The molecule has 6 heteroatoms. The van der Waals surface area contributed by atoms with Crippen molar-refractivity contribution in [1.82, 2.24) is 4.98 Å². The highest BCUT2D eigenvalue weighted by Crippen LogP contribution is 2.27. The topological polar surface area (TPSA) is 38.9 Å². The molecule has 1 aromatic heterocycles. The van der Waals surface area contributed by atoms with E-state index in [0.29, 0.717) is 10.2 Å². The molecular formula is C7H6BrClF2N2. The van der Waals surface area contributed by atoms with Gasteiger partial charge in [-0.05, 0) is 22.0 Å². The van der Waals surface area contributed by atoms with Crippen molar-refractivity contribution in [2.45, 2.75) is 12.3 Å². The molecule has 0 atom stereocenters. The molecule has 0 aromatic carbocycles. The van der Waals surface area contributed by atoms with Crippen molar-refractivity contribution >= 4 is 33.2 Å². The molecule has 13 heavy (non-hydrogen) atoms. The molecule has 0 aliphatic rings. The summed E-state index contributed by atoms with van der Waals surface area (Å²) < 4.78 is 24.8. The maximum absolute atomic E-state index is 12.2. The van der Waals surface area contributed by atoms with Crippen LogP contribution < -0.4 is 5.73 Å². The van der Waals surface area contributed by atoms with E-state index in [2.05, 4.69) is 20.9 Å². The van der Waals surface area contributed by atoms with E-state index in [9.17, 15) is 8.78 Å². The first-order valence-electron chi connectivity index (χ1n) is 3.35. The lowest BCUT2D eigenvalue weighted by molar-refractivity contribution is 0.147. The highest BCUT2D eigenvalue weighted by molar-refractivity contribution is 9.10. The third-order valence-electron chi connectivity index (χ3n) is 1.46. The zero-order valence-corrected chi connectivity index (χ0v) is 8.74. The maximum atomic E-state index is 12.2. The number of rotatable bonds is 2. The number of hydrogen-bond acceptors (Lipinski definition) is 2. The number of nitrogens with two attached hydrogens (primary N) is 1. The van der Waals surface area contributed by atoms with E-state index in [1.807, 2.05) is 0 Å². The molecule has 2 nitrogen and oxygen atoms in total. The number of anilines is 1. The number of nitrogen functional groups attached to an aromatic ring is 1. The minimum absolute atomic E-state index is 0.0335. The van der Waals surface area contributed by atoms with Crippen LogP contribution in [-0.4, -0.2) is 4.98 Å². The SMILES string of the molecule is Nc1cc(CCl)c(Br)nc1C(F)F. The second kappa shape index (κ2) is 4.19. The molecule has 0 radical (unpaired) electrons. The molecule has 0 saturated heterocycles. The molecule has 2 N–H and O–H groups in total. The van der Waals surface area contributed by atoms with Crippen molar-refractivity contribution in [2.75, 3.05) is 5.73 Å². The van der Waals surface area contributed by atoms with Gasteiger partial charge < -0.3 is 5.73 Å². The number of hydrogen-bond donors (Lipinski definition) is 1. The zero-order valence-electron chi connectivity index (χ0n) is 6.40. The summed E-state index contributed by atoms with van der Waals surface area (Å²) in [5.41, 5.74) is 5.50. The fourth-order valence-corrected chi connectivity index (χ4v) is 1.64. The summed E-state index contributed by atoms with van der Waals surface area (Å²) in [6.07, 6.45) is -2.67. The Balaban J connectivity index is 3.20. The molecule has 0 aliphatic heterocycles. The minimum atomic E-state index is -2.67. The molecule has 1 heterocycles. The van der Waals surface area contributed by atoms with Crippen molar-refractivity contribution in [3.05, 3.63) is 21.9 Å². The number of aromatic nitrogens is 1. The number of nitrogens with zero attached hydrogens (tertiary/aromatic N) is 1. The van der Waals surface area contributed by atoms with E-state index in [1.54, 1.807) is 0 Å². The van der Waals surface area contributed by atoms with Gasteiger partial charge in [0.1, 0.15) is 10.3 Å². The number of pyridine rings is 1. The lowest BCUT2D eigenvalue weighted by Gasteiger charge is -2.06. The molecule has 1 rings (SSSR count). The van der Waals surface area contributed by atoms with Gasteiger partial charge in [0.2, 0.25) is 0 Å². The quantitative estimate of drug-likeness (QED) is 0.663. The van der Waals surface area contributed by atoms with E-state index < -0.39 is 12.1 Å². The molecule has 0 spiro atoms. The van der Waals surface area contributed by atoms with E-state index in [4.69, 9.17) is 17.3 Å². The Bertz CT molecular complexity index is 320. The van der Waals surface area contributed by atoms with Gasteiger partial charge >= 0.3 is 0 Å². The molecule has 0 bridgehead atoms. The van der Waals surface area contributed by atoms with Gasteiger partial charge in [0, 0.05) is 5.56 Å². The first-order valence-corrected chi connectivity index (χ1v) is 4.68. The lowest BCUT2D eigenvalue weighted by atomic mass is 10.2. The molecule has 0 saturated carbocycles. The Morgan fingerprint density at radius 2 is 2.23 bits per heavy atom. The summed E-state index contributed by atoms with van der Waals surface area (Å²) in [6, 6.07) is 1.39. The van der Waals surface area contributed by atoms with Crippen LogP contribution in [0.2, 0.25) is 0 Å². The van der Waals surface area contributed by atoms with E-state index >= 15 is 0 Å². The van der Waals surface area contributed by atoms with Gasteiger partial charge in [-0.15, -0.1) is 11.6 Å². The van der Waals surface area contributed by atoms with Gasteiger partial charge in [0.05, 0.1) is 11.6 Å². The Kier molecular flexibility index (Phi) is 3.44. The molecule has 1 aromatic rings. The molecule has 0 fully saturated rings. The van der Waals surface area contributed by atoms with Crippen molar-refractivity contribution in [3.8, 4) is 0 Å². The van der Waals surface area contributed by atoms with Crippen molar-refractivity contribution in [2.24, 2.45) is 0 Å². The molecule has 72 valence electrons. The van der Waals surface area contributed by atoms with Gasteiger partial charge in [-0.1, -0.05) is 0 Å². The Hall–Kier alpha value is -0.420. The molecule has 0 unspecified atom stereocenters. The first-order chi connectivity index (χ1) is 6.06. The van der Waals surface area contributed by atoms with Crippen LogP contribution in [0.4, 0.5) is 14.5 Å². The normalized spacial score (nSPS) is 10.8. The Labute approximate surface area is 87.2 Å². The number of halogens is 4. The first kappa shape index (κ1) is 10.7. The summed E-state index contributed by atoms with van der Waals surface area (Å²) in [4.78, 5) is 3.60. The zero-order chi connectivity index (χ0) is 10.0. The monoisotopic (exact) mass is 270 g/mol. The predicted molar refractivity (Wildman–Crippen MR) is 50.9 cm³/mol. The standard InChI is InChI=1S/C7H6BrClF2N2/c8-6-3(2-9)1-4(12)5(13-6)7(10)11/h1,7H,2,12H2. The Morgan fingerprint density at radius 1 is 1.62 bits per heavy atom. The Morgan fingerprint density at radius 3 is 2.69 bits per heavy atom. The second-order valence-corrected chi connectivity index (χ2v) is 3.37. The molecular weight excluding hydrogens is 265 g/mol. The third-order valence-corrected chi connectivity index (χ3v) is 2.43. The smallest absolute Gasteiger partial charge is 0.282 e. The van der Waals surface area contributed by atoms with Gasteiger partial charge in [-0.3, -0.25) is 0 Å². The predicted octanol–water partition coefficient (Wildman–Crippen LogP) is 3.10. The fraction of sp³-hybridized carbons (Fsp3) is 0.286. The highest BCUT2D eigenvalue weighted by atomic mass is 79.9. The second-order valence-electron chi connectivity index (χ2n) is 2.35. The summed E-state index contributed by atoms with van der Waals surface area (Å²) in [7, 11) is 0. The lowest BCUT2D eigenvalue weighted by Crippen LogP contribution is -2.01. The molecule has 0 amide bonds. The maximum Gasteiger partial charge on any atom is 0.282 e. The van der Waals surface area contributed by atoms with Gasteiger partial charge in [-0.2, -0.15) is 0 Å². The van der Waals surface area contributed by atoms with Crippen molar-refractivity contribution in [3.63, 3.8) is 0 Å². The summed E-state index contributed by atoms with van der Waals surface area (Å²) >= 11 is 8.55. The van der Waals surface area contributed by atoms with Crippen LogP contribution in [-0.2, 0) is 5.88 Å². The fourth-order valence-electron chi connectivity index (χ4n) is 0.832. The van der Waals surface area contributed by atoms with E-state index in [-0.39, 0.29) is 11.6 Å². The minimum Gasteiger partial charge on any atom is -0.397 e. The van der Waals surface area contributed by atoms with Crippen LogP contribution in [0.1, 0.15) is 17.7 Å². The van der Waals surface area contributed by atoms with Gasteiger partial charge in [0.25, 0.3) is 6.43 Å². The van der Waals surface area contributed by atoms with Crippen LogP contribution in [0.5, 0.6) is 0 Å². The summed E-state index contributed by atoms with van der Waals surface area (Å²) in [5, 5.41) is 0. The summed E-state index contributed by atoms with van der Waals surface area (Å²) in [5.74, 6) is 0.182. The number of alkyl halides is 3. The van der Waals surface area contributed by atoms with Gasteiger partial charge in [-0.25, -0.2) is 13.8 Å². The van der Waals surface area contributed by atoms with E-state index in [1.165, 1.54) is 6.07 Å².